The third-order valence-corrected chi connectivity index (χ3v) is 3.38. The molecule has 6 heteroatoms. The highest BCUT2D eigenvalue weighted by molar-refractivity contribution is 5.91. The first-order valence-corrected chi connectivity index (χ1v) is 7.23. The minimum absolute atomic E-state index is 0.224. The Balaban J connectivity index is 1.59. The van der Waals surface area contributed by atoms with Crippen molar-refractivity contribution in [1.29, 1.82) is 0 Å². The lowest BCUT2D eigenvalue weighted by Crippen LogP contribution is -2.26. The van der Waals surface area contributed by atoms with E-state index in [9.17, 15) is 9.18 Å². The minimum atomic E-state index is -0.330. The van der Waals surface area contributed by atoms with E-state index in [0.29, 0.717) is 18.5 Å². The van der Waals surface area contributed by atoms with Crippen LogP contribution in [-0.4, -0.2) is 27.4 Å². The number of hydrogen-bond donors (Lipinski definition) is 1. The molecule has 0 saturated carbocycles. The molecule has 0 saturated heterocycles. The molecule has 1 aromatic heterocycles. The first-order chi connectivity index (χ1) is 11.2. The number of rotatable bonds is 5. The molecule has 5 nitrogen and oxygen atoms in total. The molecule has 0 aliphatic rings. The van der Waals surface area contributed by atoms with Crippen LogP contribution in [0.5, 0.6) is 0 Å². The molecule has 23 heavy (non-hydrogen) atoms. The number of amides is 1. The van der Waals surface area contributed by atoms with Gasteiger partial charge in [0.1, 0.15) is 5.82 Å². The Morgan fingerprint density at radius 2 is 1.83 bits per heavy atom. The summed E-state index contributed by atoms with van der Waals surface area (Å²) in [5.74, 6) is -0.597. The van der Waals surface area contributed by atoms with Crippen molar-refractivity contribution >= 4 is 5.91 Å². The van der Waals surface area contributed by atoms with Crippen LogP contribution in [0.4, 0.5) is 4.39 Å². The summed E-state index contributed by atoms with van der Waals surface area (Å²) in [6.45, 7) is 0.331. The van der Waals surface area contributed by atoms with Crippen molar-refractivity contribution in [3.05, 3.63) is 77.9 Å². The Kier molecular flexibility index (Phi) is 4.42. The van der Waals surface area contributed by atoms with Crippen molar-refractivity contribution in [3.63, 3.8) is 0 Å². The first-order valence-electron chi connectivity index (χ1n) is 7.23. The number of carbonyl (C=O) groups is 1. The van der Waals surface area contributed by atoms with E-state index in [2.05, 4.69) is 15.6 Å². The Morgan fingerprint density at radius 1 is 1.09 bits per heavy atom. The number of carbonyl (C=O) groups excluding carboxylic acids is 1. The van der Waals surface area contributed by atoms with Crippen molar-refractivity contribution in [2.75, 3.05) is 6.54 Å². The smallest absolute Gasteiger partial charge is 0.273 e. The summed E-state index contributed by atoms with van der Waals surface area (Å²) in [6, 6.07) is 15.9. The molecule has 1 amide bonds. The van der Waals surface area contributed by atoms with E-state index < -0.39 is 0 Å². The maximum Gasteiger partial charge on any atom is 0.273 e. The molecule has 1 N–H and O–H groups in total. The Bertz CT molecular complexity index is 801. The Morgan fingerprint density at radius 3 is 2.61 bits per heavy atom. The average Bonchev–Trinajstić information content (AvgIpc) is 3.07. The Hall–Kier alpha value is -3.02. The maximum absolute atomic E-state index is 13.5. The van der Waals surface area contributed by atoms with Gasteiger partial charge in [0.05, 0.1) is 11.9 Å². The molecule has 0 bridgehead atoms. The average molecular weight is 310 g/mol. The highest BCUT2D eigenvalue weighted by Crippen LogP contribution is 2.07. The standard InChI is InChI=1S/C17H15FN4O/c18-15-9-5-4-6-13(15)10-11-19-17(23)16-12-22(21-20-16)14-7-2-1-3-8-14/h1-9,12H,10-11H2,(H,19,23). The molecular weight excluding hydrogens is 295 g/mol. The van der Waals surface area contributed by atoms with Crippen molar-refractivity contribution in [2.45, 2.75) is 6.42 Å². The van der Waals surface area contributed by atoms with Crippen LogP contribution in [0.1, 0.15) is 16.1 Å². The summed E-state index contributed by atoms with van der Waals surface area (Å²) in [5.41, 5.74) is 1.62. The van der Waals surface area contributed by atoms with Gasteiger partial charge in [-0.2, -0.15) is 0 Å². The predicted molar refractivity (Wildman–Crippen MR) is 83.8 cm³/mol. The number of halogens is 1. The van der Waals surface area contributed by atoms with Crippen LogP contribution in [0, 0.1) is 5.82 Å². The zero-order valence-corrected chi connectivity index (χ0v) is 12.3. The zero-order valence-electron chi connectivity index (χ0n) is 12.3. The summed E-state index contributed by atoms with van der Waals surface area (Å²) in [6.07, 6.45) is 1.99. The number of benzene rings is 2. The molecule has 116 valence electrons. The van der Waals surface area contributed by atoms with Crippen molar-refractivity contribution < 1.29 is 9.18 Å². The molecule has 3 aromatic rings. The van der Waals surface area contributed by atoms with Gasteiger partial charge in [-0.15, -0.1) is 5.10 Å². The lowest BCUT2D eigenvalue weighted by molar-refractivity contribution is 0.0949. The number of hydrogen-bond acceptors (Lipinski definition) is 3. The number of nitrogens with zero attached hydrogens (tertiary/aromatic N) is 3. The van der Waals surface area contributed by atoms with Crippen LogP contribution < -0.4 is 5.32 Å². The van der Waals surface area contributed by atoms with Crippen LogP contribution in [-0.2, 0) is 6.42 Å². The molecular formula is C17H15FN4O. The molecule has 1 heterocycles. The van der Waals surface area contributed by atoms with Gasteiger partial charge in [-0.1, -0.05) is 41.6 Å². The van der Waals surface area contributed by atoms with Gasteiger partial charge in [0, 0.05) is 6.54 Å². The van der Waals surface area contributed by atoms with E-state index >= 15 is 0 Å². The highest BCUT2D eigenvalue weighted by Gasteiger charge is 2.11. The molecule has 0 atom stereocenters. The van der Waals surface area contributed by atoms with Gasteiger partial charge in [0.15, 0.2) is 5.69 Å². The minimum Gasteiger partial charge on any atom is -0.350 e. The van der Waals surface area contributed by atoms with Gasteiger partial charge in [0.25, 0.3) is 5.91 Å². The van der Waals surface area contributed by atoms with E-state index in [-0.39, 0.29) is 17.4 Å². The van der Waals surface area contributed by atoms with E-state index in [1.165, 1.54) is 10.7 Å². The quantitative estimate of drug-likeness (QED) is 0.787. The topological polar surface area (TPSA) is 59.8 Å². The number of nitrogens with one attached hydrogen (secondary N) is 1. The summed E-state index contributed by atoms with van der Waals surface area (Å²) < 4.78 is 15.0. The monoisotopic (exact) mass is 310 g/mol. The van der Waals surface area contributed by atoms with E-state index in [4.69, 9.17) is 0 Å². The molecule has 0 radical (unpaired) electrons. The van der Waals surface area contributed by atoms with Crippen molar-refractivity contribution in [1.82, 2.24) is 20.3 Å². The van der Waals surface area contributed by atoms with Crippen molar-refractivity contribution in [3.8, 4) is 5.69 Å². The molecule has 0 aliphatic heterocycles. The molecule has 3 rings (SSSR count). The highest BCUT2D eigenvalue weighted by atomic mass is 19.1. The SMILES string of the molecule is O=C(NCCc1ccccc1F)c1cn(-c2ccccc2)nn1. The maximum atomic E-state index is 13.5. The van der Waals surface area contributed by atoms with Crippen molar-refractivity contribution in [2.24, 2.45) is 0 Å². The summed E-state index contributed by atoms with van der Waals surface area (Å²) in [4.78, 5) is 12.0. The fourth-order valence-electron chi connectivity index (χ4n) is 2.18. The van der Waals surface area contributed by atoms with Crippen LogP contribution in [0.25, 0.3) is 5.69 Å². The van der Waals surface area contributed by atoms with Gasteiger partial charge in [0.2, 0.25) is 0 Å². The fourth-order valence-corrected chi connectivity index (χ4v) is 2.18. The van der Waals surface area contributed by atoms with Crippen LogP contribution in [0.15, 0.2) is 60.8 Å². The molecule has 2 aromatic carbocycles. The van der Waals surface area contributed by atoms with Gasteiger partial charge < -0.3 is 5.32 Å². The van der Waals surface area contributed by atoms with Crippen LogP contribution in [0.2, 0.25) is 0 Å². The van der Waals surface area contributed by atoms with E-state index in [1.807, 2.05) is 30.3 Å². The van der Waals surface area contributed by atoms with Crippen LogP contribution >= 0.6 is 0 Å². The van der Waals surface area contributed by atoms with E-state index in [1.54, 1.807) is 24.4 Å². The molecule has 0 fully saturated rings. The largest absolute Gasteiger partial charge is 0.350 e. The number of aromatic nitrogens is 3. The first kappa shape index (κ1) is 14.9. The predicted octanol–water partition coefficient (Wildman–Crippen LogP) is 2.38. The van der Waals surface area contributed by atoms with Gasteiger partial charge in [-0.05, 0) is 30.2 Å². The second-order valence-electron chi connectivity index (χ2n) is 4.98. The van der Waals surface area contributed by atoms with E-state index in [0.717, 1.165) is 5.69 Å². The third kappa shape index (κ3) is 3.60. The van der Waals surface area contributed by atoms with Crippen LogP contribution in [0.3, 0.4) is 0 Å². The molecule has 0 aliphatic carbocycles. The van der Waals surface area contributed by atoms with Gasteiger partial charge in [-0.25, -0.2) is 9.07 Å². The number of para-hydroxylation sites is 1. The second-order valence-corrected chi connectivity index (χ2v) is 4.98. The molecule has 0 spiro atoms. The third-order valence-electron chi connectivity index (χ3n) is 3.38. The zero-order chi connectivity index (χ0) is 16.1. The second kappa shape index (κ2) is 6.83. The fraction of sp³-hybridized carbons (Fsp3) is 0.118. The summed E-state index contributed by atoms with van der Waals surface area (Å²) in [5, 5.41) is 10.5. The lowest BCUT2D eigenvalue weighted by atomic mass is 10.1. The molecule has 0 unspecified atom stereocenters. The summed E-state index contributed by atoms with van der Waals surface area (Å²) in [7, 11) is 0. The van der Waals surface area contributed by atoms with Gasteiger partial charge >= 0.3 is 0 Å². The van der Waals surface area contributed by atoms with Gasteiger partial charge in [-0.3, -0.25) is 4.79 Å². The summed E-state index contributed by atoms with van der Waals surface area (Å²) >= 11 is 0. The lowest BCUT2D eigenvalue weighted by Gasteiger charge is -2.04. The Labute approximate surface area is 132 Å². The normalized spacial score (nSPS) is 10.5.